The van der Waals surface area contributed by atoms with Crippen LogP contribution in [0.5, 0.6) is 5.75 Å². The zero-order chi connectivity index (χ0) is 19.0. The highest BCUT2D eigenvalue weighted by Gasteiger charge is 2.36. The van der Waals surface area contributed by atoms with Gasteiger partial charge in [-0.25, -0.2) is 0 Å². The van der Waals surface area contributed by atoms with Crippen LogP contribution in [0, 0.1) is 0 Å². The van der Waals surface area contributed by atoms with Crippen LogP contribution in [0.2, 0.25) is 0 Å². The molecule has 1 atom stereocenters. The molecule has 9 nitrogen and oxygen atoms in total. The minimum atomic E-state index is -0.797. The van der Waals surface area contributed by atoms with Crippen molar-refractivity contribution in [1.82, 2.24) is 20.7 Å². The van der Waals surface area contributed by atoms with Crippen molar-refractivity contribution in [3.8, 4) is 17.1 Å². The molecule has 4 rings (SSSR count). The van der Waals surface area contributed by atoms with Crippen LogP contribution < -0.4 is 5.32 Å². The van der Waals surface area contributed by atoms with Gasteiger partial charge >= 0.3 is 0 Å². The van der Waals surface area contributed by atoms with E-state index in [1.165, 1.54) is 12.1 Å². The van der Waals surface area contributed by atoms with Crippen LogP contribution in [0.3, 0.4) is 0 Å². The van der Waals surface area contributed by atoms with Crippen molar-refractivity contribution in [1.29, 1.82) is 0 Å². The first kappa shape index (κ1) is 17.2. The first-order chi connectivity index (χ1) is 13.0. The number of carbonyl (C=O) groups excluding carboxylic acids is 1. The molecule has 9 heteroatoms. The molecule has 0 spiro atoms. The Morgan fingerprint density at radius 2 is 2.11 bits per heavy atom. The van der Waals surface area contributed by atoms with E-state index >= 15 is 0 Å². The molecule has 0 bridgehead atoms. The Labute approximate surface area is 154 Å². The van der Waals surface area contributed by atoms with Gasteiger partial charge in [0, 0.05) is 23.6 Å². The maximum atomic E-state index is 12.3. The smallest absolute Gasteiger partial charge is 0.273 e. The molecule has 1 amide bonds. The number of nitrogens with zero attached hydrogens (tertiary/aromatic N) is 3. The van der Waals surface area contributed by atoms with Crippen LogP contribution in [-0.2, 0) is 0 Å². The third-order valence-corrected chi connectivity index (χ3v) is 4.51. The van der Waals surface area contributed by atoms with Crippen LogP contribution in [0.4, 0.5) is 0 Å². The van der Waals surface area contributed by atoms with Crippen LogP contribution in [0.15, 0.2) is 39.3 Å². The number of aromatic hydroxyl groups is 1. The van der Waals surface area contributed by atoms with Gasteiger partial charge in [-0.2, -0.15) is 0 Å². The second-order valence-electron chi connectivity index (χ2n) is 6.62. The van der Waals surface area contributed by atoms with E-state index in [2.05, 4.69) is 20.7 Å². The zero-order valence-electron chi connectivity index (χ0n) is 14.5. The Balaban J connectivity index is 1.34. The minimum Gasteiger partial charge on any atom is -0.508 e. The van der Waals surface area contributed by atoms with Crippen molar-refractivity contribution < 1.29 is 23.9 Å². The third-order valence-electron chi connectivity index (χ3n) is 4.51. The van der Waals surface area contributed by atoms with Gasteiger partial charge in [0.15, 0.2) is 11.5 Å². The van der Waals surface area contributed by atoms with Crippen molar-refractivity contribution in [2.75, 3.05) is 0 Å². The average molecular weight is 370 g/mol. The highest BCUT2D eigenvalue weighted by Crippen LogP contribution is 2.36. The largest absolute Gasteiger partial charge is 0.508 e. The lowest BCUT2D eigenvalue weighted by molar-refractivity contribution is 0.0892. The summed E-state index contributed by atoms with van der Waals surface area (Å²) in [6.45, 7) is 1.56. The maximum absolute atomic E-state index is 12.3. The van der Waals surface area contributed by atoms with Gasteiger partial charge in [-0.05, 0) is 31.9 Å². The number of aliphatic hydroxyl groups excluding tert-OH is 1. The number of phenols is 1. The number of carbonyl (C=O) groups is 1. The Kier molecular flexibility index (Phi) is 4.36. The van der Waals surface area contributed by atoms with Gasteiger partial charge in [-0.1, -0.05) is 17.3 Å². The number of aromatic nitrogens is 3. The fourth-order valence-electron chi connectivity index (χ4n) is 2.95. The van der Waals surface area contributed by atoms with E-state index in [0.29, 0.717) is 30.1 Å². The summed E-state index contributed by atoms with van der Waals surface area (Å²) in [5.74, 6) is 0.914. The molecule has 0 aliphatic heterocycles. The lowest BCUT2D eigenvalue weighted by Gasteiger charge is -2.33. The van der Waals surface area contributed by atoms with Gasteiger partial charge in [0.1, 0.15) is 11.9 Å². The number of hydrogen-bond donors (Lipinski definition) is 3. The molecule has 0 radical (unpaired) electrons. The Morgan fingerprint density at radius 3 is 2.81 bits per heavy atom. The SMILES string of the molecule is C[C@@H](O)c1nnc([C@H]2C[C@@H](NC(=O)c3cc(-c4cccc(O)c4)on3)C2)o1. The van der Waals surface area contributed by atoms with Gasteiger partial charge in [-0.15, -0.1) is 10.2 Å². The summed E-state index contributed by atoms with van der Waals surface area (Å²) < 4.78 is 10.6. The van der Waals surface area contributed by atoms with E-state index in [-0.39, 0.29) is 35.2 Å². The van der Waals surface area contributed by atoms with Gasteiger partial charge < -0.3 is 24.5 Å². The van der Waals surface area contributed by atoms with E-state index in [0.717, 1.165) is 0 Å². The molecule has 3 aromatic rings. The predicted octanol–water partition coefficient (Wildman–Crippen LogP) is 2.16. The predicted molar refractivity (Wildman–Crippen MR) is 91.8 cm³/mol. The molecular formula is C18H18N4O5. The van der Waals surface area contributed by atoms with E-state index in [1.807, 2.05) is 0 Å². The summed E-state index contributed by atoms with van der Waals surface area (Å²) in [5, 5.41) is 33.4. The second-order valence-corrected chi connectivity index (χ2v) is 6.62. The highest BCUT2D eigenvalue weighted by molar-refractivity contribution is 5.93. The first-order valence-electron chi connectivity index (χ1n) is 8.58. The molecule has 3 N–H and O–H groups in total. The maximum Gasteiger partial charge on any atom is 0.273 e. The van der Waals surface area contributed by atoms with Crippen molar-refractivity contribution in [2.24, 2.45) is 0 Å². The number of nitrogens with one attached hydrogen (secondary N) is 1. The number of rotatable bonds is 5. The fourth-order valence-corrected chi connectivity index (χ4v) is 2.95. The molecule has 1 aromatic carbocycles. The van der Waals surface area contributed by atoms with Gasteiger partial charge in [0.25, 0.3) is 5.91 Å². The van der Waals surface area contributed by atoms with E-state index in [4.69, 9.17) is 8.94 Å². The molecule has 1 aliphatic rings. The van der Waals surface area contributed by atoms with Gasteiger partial charge in [-0.3, -0.25) is 4.79 Å². The molecule has 1 saturated carbocycles. The average Bonchev–Trinajstić information content (AvgIpc) is 3.27. The quantitative estimate of drug-likeness (QED) is 0.622. The van der Waals surface area contributed by atoms with Crippen LogP contribution in [0.25, 0.3) is 11.3 Å². The molecule has 0 saturated heterocycles. The molecule has 1 fully saturated rings. The van der Waals surface area contributed by atoms with E-state index < -0.39 is 6.10 Å². The number of aliphatic hydroxyl groups is 1. The van der Waals surface area contributed by atoms with E-state index in [9.17, 15) is 15.0 Å². The molecule has 0 unspecified atom stereocenters. The summed E-state index contributed by atoms with van der Waals surface area (Å²) in [6, 6.07) is 8.03. The standard InChI is InChI=1S/C18H18N4O5/c1-9(23)17-20-21-18(26-17)11-5-12(6-11)19-16(25)14-8-15(27-22-14)10-3-2-4-13(24)7-10/h2-4,7-9,11-12,23-24H,5-6H2,1H3,(H,19,25)/t9-,11-,12+/m1/s1. The van der Waals surface area contributed by atoms with Crippen LogP contribution in [-0.4, -0.2) is 37.5 Å². The minimum absolute atomic E-state index is 0.0229. The highest BCUT2D eigenvalue weighted by atomic mass is 16.5. The second kappa shape index (κ2) is 6.84. The zero-order valence-corrected chi connectivity index (χ0v) is 14.5. The number of phenolic OH excluding ortho intramolecular Hbond substituents is 1. The van der Waals surface area contributed by atoms with E-state index in [1.54, 1.807) is 25.1 Å². The summed E-state index contributed by atoms with van der Waals surface area (Å²) >= 11 is 0. The van der Waals surface area contributed by atoms with Crippen molar-refractivity contribution >= 4 is 5.91 Å². The van der Waals surface area contributed by atoms with Gasteiger partial charge in [0.05, 0.1) is 0 Å². The fraction of sp³-hybridized carbons (Fsp3) is 0.333. The Morgan fingerprint density at radius 1 is 1.30 bits per heavy atom. The summed E-state index contributed by atoms with van der Waals surface area (Å²) in [4.78, 5) is 12.3. The summed E-state index contributed by atoms with van der Waals surface area (Å²) in [6.07, 6.45) is 0.546. The van der Waals surface area contributed by atoms with Gasteiger partial charge in [0.2, 0.25) is 11.8 Å². The summed E-state index contributed by atoms with van der Waals surface area (Å²) in [7, 11) is 0. The van der Waals surface area contributed by atoms with Crippen molar-refractivity contribution in [3.63, 3.8) is 0 Å². The number of benzene rings is 1. The first-order valence-corrected chi connectivity index (χ1v) is 8.58. The molecular weight excluding hydrogens is 352 g/mol. The topological polar surface area (TPSA) is 135 Å². The number of hydrogen-bond acceptors (Lipinski definition) is 8. The molecule has 27 heavy (non-hydrogen) atoms. The molecule has 140 valence electrons. The molecule has 1 aliphatic carbocycles. The van der Waals surface area contributed by atoms with Crippen LogP contribution in [0.1, 0.15) is 54.1 Å². The third kappa shape index (κ3) is 3.54. The van der Waals surface area contributed by atoms with Crippen LogP contribution >= 0.6 is 0 Å². The Bertz CT molecular complexity index is 958. The number of amides is 1. The Hall–Kier alpha value is -3.20. The molecule has 2 heterocycles. The normalized spacial score (nSPS) is 20.1. The summed E-state index contributed by atoms with van der Waals surface area (Å²) in [5.41, 5.74) is 0.807. The molecule has 2 aromatic heterocycles. The monoisotopic (exact) mass is 370 g/mol. The van der Waals surface area contributed by atoms with Crippen molar-refractivity contribution in [2.45, 2.75) is 37.8 Å². The van der Waals surface area contributed by atoms with Crippen molar-refractivity contribution in [3.05, 3.63) is 47.8 Å². The lowest BCUT2D eigenvalue weighted by Crippen LogP contribution is -2.43. The lowest BCUT2D eigenvalue weighted by atomic mass is 9.80.